The van der Waals surface area contributed by atoms with E-state index in [0.717, 1.165) is 43.3 Å². The van der Waals surface area contributed by atoms with Crippen LogP contribution in [0.4, 0.5) is 0 Å². The topological polar surface area (TPSA) is 91.7 Å². The van der Waals surface area contributed by atoms with Crippen LogP contribution in [-0.2, 0) is 13.1 Å². The number of aromatic amines is 1. The van der Waals surface area contributed by atoms with E-state index in [-0.39, 0.29) is 18.0 Å². The highest BCUT2D eigenvalue weighted by Gasteiger charge is 2.36. The molecular formula is C20H25N7O. The quantitative estimate of drug-likeness (QED) is 0.684. The molecule has 146 valence electrons. The van der Waals surface area contributed by atoms with Crippen molar-refractivity contribution in [1.82, 2.24) is 35.2 Å². The molecule has 1 amide bonds. The third-order valence-electron chi connectivity index (χ3n) is 5.08. The van der Waals surface area contributed by atoms with E-state index in [1.807, 2.05) is 48.1 Å². The fraction of sp³-hybridized carbons (Fsp3) is 0.400. The first kappa shape index (κ1) is 18.4. The van der Waals surface area contributed by atoms with Crippen LogP contribution in [-0.4, -0.2) is 48.4 Å². The summed E-state index contributed by atoms with van der Waals surface area (Å²) in [6, 6.07) is 9.41. The first-order valence-corrected chi connectivity index (χ1v) is 9.62. The maximum Gasteiger partial charge on any atom is 0.251 e. The Morgan fingerprint density at radius 2 is 2.14 bits per heavy atom. The minimum Gasteiger partial charge on any atom is -0.348 e. The van der Waals surface area contributed by atoms with Crippen molar-refractivity contribution in [2.75, 3.05) is 6.54 Å². The smallest absolute Gasteiger partial charge is 0.251 e. The van der Waals surface area contributed by atoms with Crippen molar-refractivity contribution in [2.24, 2.45) is 0 Å². The molecule has 8 nitrogen and oxygen atoms in total. The Morgan fingerprint density at radius 1 is 1.32 bits per heavy atom. The molecule has 0 aliphatic carbocycles. The Labute approximate surface area is 164 Å². The maximum atomic E-state index is 12.6. The van der Waals surface area contributed by atoms with Gasteiger partial charge in [0.15, 0.2) is 5.82 Å². The van der Waals surface area contributed by atoms with E-state index >= 15 is 0 Å². The van der Waals surface area contributed by atoms with Gasteiger partial charge in [0.1, 0.15) is 5.82 Å². The average Bonchev–Trinajstić information content (AvgIpc) is 3.43. The number of aromatic nitrogens is 5. The first-order valence-electron chi connectivity index (χ1n) is 9.62. The van der Waals surface area contributed by atoms with Crippen molar-refractivity contribution in [3.8, 4) is 0 Å². The number of benzene rings is 1. The van der Waals surface area contributed by atoms with Gasteiger partial charge in [-0.15, -0.1) is 0 Å². The molecule has 4 rings (SSSR count). The number of likely N-dealkylation sites (tertiary alicyclic amines) is 1. The Morgan fingerprint density at radius 3 is 2.82 bits per heavy atom. The first-order chi connectivity index (χ1) is 13.6. The van der Waals surface area contributed by atoms with Crippen LogP contribution in [0.1, 0.15) is 47.0 Å². The van der Waals surface area contributed by atoms with Crippen molar-refractivity contribution in [1.29, 1.82) is 0 Å². The molecule has 8 heteroatoms. The minimum atomic E-state index is -0.0452. The summed E-state index contributed by atoms with van der Waals surface area (Å²) in [4.78, 5) is 19.4. The van der Waals surface area contributed by atoms with Crippen LogP contribution in [0.5, 0.6) is 0 Å². The molecule has 1 aliphatic heterocycles. The summed E-state index contributed by atoms with van der Waals surface area (Å²) in [5.74, 6) is 1.53. The van der Waals surface area contributed by atoms with Gasteiger partial charge >= 0.3 is 0 Å². The van der Waals surface area contributed by atoms with Gasteiger partial charge < -0.3 is 5.32 Å². The molecule has 2 atom stereocenters. The number of carbonyl (C=O) groups excluding carboxylic acids is 1. The number of rotatable bonds is 6. The van der Waals surface area contributed by atoms with Gasteiger partial charge in [-0.1, -0.05) is 18.2 Å². The van der Waals surface area contributed by atoms with E-state index in [1.54, 1.807) is 0 Å². The van der Waals surface area contributed by atoms with Crippen molar-refractivity contribution < 1.29 is 4.79 Å². The number of nitrogens with one attached hydrogen (secondary N) is 2. The number of hydrogen-bond donors (Lipinski definition) is 2. The van der Waals surface area contributed by atoms with E-state index in [9.17, 15) is 4.79 Å². The van der Waals surface area contributed by atoms with Gasteiger partial charge in [-0.2, -0.15) is 10.2 Å². The molecule has 1 aliphatic rings. The number of H-pyrrole nitrogens is 1. The molecule has 2 N–H and O–H groups in total. The normalized spacial score (nSPS) is 19.8. The zero-order valence-electron chi connectivity index (χ0n) is 16.2. The van der Waals surface area contributed by atoms with E-state index in [1.165, 1.54) is 0 Å². The van der Waals surface area contributed by atoms with E-state index in [2.05, 4.69) is 43.6 Å². The molecule has 3 heterocycles. The van der Waals surface area contributed by atoms with Crippen LogP contribution in [0.3, 0.4) is 0 Å². The van der Waals surface area contributed by atoms with E-state index in [0.29, 0.717) is 5.56 Å². The van der Waals surface area contributed by atoms with Gasteiger partial charge in [0.05, 0.1) is 12.2 Å². The van der Waals surface area contributed by atoms with Gasteiger partial charge in [-0.3, -0.25) is 19.5 Å². The van der Waals surface area contributed by atoms with Crippen LogP contribution in [0.15, 0.2) is 42.7 Å². The van der Waals surface area contributed by atoms with Crippen molar-refractivity contribution >= 4 is 5.91 Å². The predicted octanol–water partition coefficient (Wildman–Crippen LogP) is 2.08. The van der Waals surface area contributed by atoms with Crippen LogP contribution in [0.2, 0.25) is 0 Å². The molecule has 1 aromatic carbocycles. The number of carbonyl (C=O) groups is 1. The monoisotopic (exact) mass is 379 g/mol. The molecule has 1 saturated heterocycles. The van der Waals surface area contributed by atoms with Crippen molar-refractivity contribution in [3.05, 3.63) is 65.5 Å². The zero-order chi connectivity index (χ0) is 19.5. The fourth-order valence-electron chi connectivity index (χ4n) is 3.71. The lowest BCUT2D eigenvalue weighted by Crippen LogP contribution is -2.36. The number of aryl methyl sites for hydroxylation is 2. The highest BCUT2D eigenvalue weighted by atomic mass is 16.1. The highest BCUT2D eigenvalue weighted by molar-refractivity contribution is 5.94. The Balaban J connectivity index is 1.50. The molecule has 3 aromatic rings. The molecule has 0 unspecified atom stereocenters. The zero-order valence-corrected chi connectivity index (χ0v) is 16.2. The van der Waals surface area contributed by atoms with Crippen LogP contribution in [0.25, 0.3) is 0 Å². The summed E-state index contributed by atoms with van der Waals surface area (Å²) in [6.45, 7) is 6.31. The highest BCUT2D eigenvalue weighted by Crippen LogP contribution is 2.31. The second kappa shape index (κ2) is 7.93. The molecule has 2 aromatic heterocycles. The lowest BCUT2D eigenvalue weighted by Gasteiger charge is -2.21. The summed E-state index contributed by atoms with van der Waals surface area (Å²) >= 11 is 0. The van der Waals surface area contributed by atoms with Gasteiger partial charge in [0.2, 0.25) is 0 Å². The summed E-state index contributed by atoms with van der Waals surface area (Å²) in [5, 5.41) is 14.8. The van der Waals surface area contributed by atoms with Gasteiger partial charge in [-0.25, -0.2) is 4.98 Å². The lowest BCUT2D eigenvalue weighted by molar-refractivity contribution is 0.0937. The second-order valence-electron chi connectivity index (χ2n) is 7.20. The predicted molar refractivity (Wildman–Crippen MR) is 104 cm³/mol. The SMILES string of the molecule is CCn1cc(CN2C[C@@H](NC(=O)c3ccccc3)C[C@H]2c2n[nH]c(C)n2)cn1. The summed E-state index contributed by atoms with van der Waals surface area (Å²) in [5.41, 5.74) is 1.82. The molecule has 0 radical (unpaired) electrons. The number of amides is 1. The standard InChI is InChI=1S/C20H25N7O/c1-3-27-12-15(10-21-27)11-26-13-17(9-18(26)19-22-14(2)24-25-19)23-20(28)16-7-5-4-6-8-16/h4-8,10,12,17-18H,3,9,11,13H2,1-2H3,(H,23,28)(H,22,24,25)/t17-,18-/m0/s1. The van der Waals surface area contributed by atoms with Crippen LogP contribution in [0, 0.1) is 6.92 Å². The molecule has 0 saturated carbocycles. The van der Waals surface area contributed by atoms with E-state index in [4.69, 9.17) is 0 Å². The Hall–Kier alpha value is -3.00. The lowest BCUT2D eigenvalue weighted by atomic mass is 10.1. The number of nitrogens with zero attached hydrogens (tertiary/aromatic N) is 5. The average molecular weight is 379 g/mol. The van der Waals surface area contributed by atoms with Gasteiger partial charge in [0.25, 0.3) is 5.91 Å². The maximum absolute atomic E-state index is 12.6. The molecular weight excluding hydrogens is 354 g/mol. The summed E-state index contributed by atoms with van der Waals surface area (Å²) < 4.78 is 1.92. The van der Waals surface area contributed by atoms with E-state index < -0.39 is 0 Å². The summed E-state index contributed by atoms with van der Waals surface area (Å²) in [7, 11) is 0. The third-order valence-corrected chi connectivity index (χ3v) is 5.08. The molecule has 28 heavy (non-hydrogen) atoms. The number of hydrogen-bond acceptors (Lipinski definition) is 5. The Bertz CT molecular complexity index is 933. The molecule has 0 spiro atoms. The van der Waals surface area contributed by atoms with Crippen molar-refractivity contribution in [2.45, 2.75) is 45.4 Å². The van der Waals surface area contributed by atoms with Crippen LogP contribution >= 0.6 is 0 Å². The van der Waals surface area contributed by atoms with Crippen molar-refractivity contribution in [3.63, 3.8) is 0 Å². The largest absolute Gasteiger partial charge is 0.348 e. The summed E-state index contributed by atoms with van der Waals surface area (Å²) in [6.07, 6.45) is 4.74. The third kappa shape index (κ3) is 3.96. The minimum absolute atomic E-state index is 0.0396. The van der Waals surface area contributed by atoms with Gasteiger partial charge in [-0.05, 0) is 32.4 Å². The van der Waals surface area contributed by atoms with Crippen LogP contribution < -0.4 is 5.32 Å². The molecule has 0 bridgehead atoms. The Kier molecular flexibility index (Phi) is 5.21. The van der Waals surface area contributed by atoms with Gasteiger partial charge in [0, 0.05) is 43.0 Å². The molecule has 1 fully saturated rings. The fourth-order valence-corrected chi connectivity index (χ4v) is 3.71. The second-order valence-corrected chi connectivity index (χ2v) is 7.20.